The zero-order valence-electron chi connectivity index (χ0n) is 15.3. The van der Waals surface area contributed by atoms with Gasteiger partial charge in [0.1, 0.15) is 0 Å². The van der Waals surface area contributed by atoms with Crippen molar-refractivity contribution in [2.45, 2.75) is 18.2 Å². The highest BCUT2D eigenvalue weighted by atomic mass is 32.2. The molecule has 0 atom stereocenters. The van der Waals surface area contributed by atoms with Gasteiger partial charge in [-0.1, -0.05) is 29.0 Å². The quantitative estimate of drug-likeness (QED) is 0.617. The number of methoxy groups -OCH3 is 1. The molecule has 0 bridgehead atoms. The summed E-state index contributed by atoms with van der Waals surface area (Å²) in [6.07, 6.45) is -0.181. The van der Waals surface area contributed by atoms with Gasteiger partial charge in [0.25, 0.3) is 0 Å². The number of hydrogen-bond donors (Lipinski definition) is 1. The van der Waals surface area contributed by atoms with Gasteiger partial charge >= 0.3 is 5.97 Å². The number of aromatic nitrogens is 1. The molecule has 3 aromatic rings. The highest BCUT2D eigenvalue weighted by molar-refractivity contribution is 7.91. The van der Waals surface area contributed by atoms with E-state index in [2.05, 4.69) is 15.0 Å². The van der Waals surface area contributed by atoms with Crippen molar-refractivity contribution in [3.05, 3.63) is 53.6 Å². The van der Waals surface area contributed by atoms with Crippen molar-refractivity contribution in [1.29, 1.82) is 0 Å². The van der Waals surface area contributed by atoms with Gasteiger partial charge in [0.2, 0.25) is 5.91 Å². The number of esters is 1. The summed E-state index contributed by atoms with van der Waals surface area (Å²) in [5, 5.41) is 2.96. The minimum absolute atomic E-state index is 0.181. The van der Waals surface area contributed by atoms with E-state index >= 15 is 0 Å². The van der Waals surface area contributed by atoms with Crippen molar-refractivity contribution in [3.63, 3.8) is 0 Å². The number of benzene rings is 2. The number of carbonyl (C=O) groups excluding carboxylic acids is 2. The van der Waals surface area contributed by atoms with Gasteiger partial charge in [-0.05, 0) is 37.3 Å². The fraction of sp³-hybridized carbons (Fsp3) is 0.211. The number of aryl methyl sites for hydroxylation is 1. The summed E-state index contributed by atoms with van der Waals surface area (Å²) < 4.78 is 30.1. The Morgan fingerprint density at radius 2 is 1.86 bits per heavy atom. The average Bonchev–Trinajstić information content (AvgIpc) is 3.07. The fourth-order valence-corrected chi connectivity index (χ4v) is 4.66. The number of ether oxygens (including phenoxy) is 1. The van der Waals surface area contributed by atoms with Crippen LogP contribution in [0, 0.1) is 6.92 Å². The Balaban J connectivity index is 1.66. The number of carbonyl (C=O) groups is 2. The molecule has 1 aromatic heterocycles. The Morgan fingerprint density at radius 1 is 1.14 bits per heavy atom. The van der Waals surface area contributed by atoms with Gasteiger partial charge in [0.05, 0.1) is 33.5 Å². The van der Waals surface area contributed by atoms with E-state index in [0.29, 0.717) is 20.9 Å². The molecule has 0 saturated carbocycles. The summed E-state index contributed by atoms with van der Waals surface area (Å²) >= 11 is 1.20. The molecule has 0 aliphatic heterocycles. The molecule has 0 spiro atoms. The largest absolute Gasteiger partial charge is 0.465 e. The number of thiazole rings is 1. The number of anilines is 1. The average molecular weight is 418 g/mol. The van der Waals surface area contributed by atoms with Crippen LogP contribution < -0.4 is 5.32 Å². The van der Waals surface area contributed by atoms with E-state index in [0.717, 1.165) is 5.56 Å². The predicted octanol–water partition coefficient (Wildman–Crippen LogP) is 3.19. The SMILES string of the molecule is COC(=O)c1ccc2nc(NC(=O)CCS(=O)(=O)c3ccc(C)cc3)sc2c1. The lowest BCUT2D eigenvalue weighted by Gasteiger charge is -2.05. The molecule has 0 saturated heterocycles. The third-order valence-electron chi connectivity index (χ3n) is 4.03. The zero-order chi connectivity index (χ0) is 20.3. The van der Waals surface area contributed by atoms with Crippen LogP contribution in [-0.4, -0.2) is 38.1 Å². The predicted molar refractivity (Wildman–Crippen MR) is 107 cm³/mol. The van der Waals surface area contributed by atoms with Crippen molar-refractivity contribution in [1.82, 2.24) is 4.98 Å². The van der Waals surface area contributed by atoms with Gasteiger partial charge < -0.3 is 10.1 Å². The molecule has 0 aliphatic rings. The van der Waals surface area contributed by atoms with Gasteiger partial charge in [-0.2, -0.15) is 0 Å². The first-order valence-corrected chi connectivity index (χ1v) is 10.8. The second-order valence-electron chi connectivity index (χ2n) is 6.12. The molecular formula is C19H18N2O5S2. The van der Waals surface area contributed by atoms with Crippen molar-refractivity contribution in [3.8, 4) is 0 Å². The standard InChI is InChI=1S/C19H18N2O5S2/c1-12-3-6-14(7-4-12)28(24,25)10-9-17(22)21-19-20-15-8-5-13(18(23)26-2)11-16(15)27-19/h3-8,11H,9-10H2,1-2H3,(H,20,21,22). The van der Waals surface area contributed by atoms with Crippen LogP contribution in [0.4, 0.5) is 5.13 Å². The smallest absolute Gasteiger partial charge is 0.337 e. The third kappa shape index (κ3) is 4.55. The number of amides is 1. The normalized spacial score (nSPS) is 11.4. The molecule has 2 aromatic carbocycles. The molecule has 28 heavy (non-hydrogen) atoms. The molecule has 0 radical (unpaired) electrons. The third-order valence-corrected chi connectivity index (χ3v) is 6.70. The van der Waals surface area contributed by atoms with E-state index in [1.807, 2.05) is 6.92 Å². The second-order valence-corrected chi connectivity index (χ2v) is 9.26. The van der Waals surface area contributed by atoms with Crippen LogP contribution in [0.15, 0.2) is 47.4 Å². The van der Waals surface area contributed by atoms with E-state index in [9.17, 15) is 18.0 Å². The molecule has 9 heteroatoms. The Kier molecular flexibility index (Phi) is 5.76. The first-order chi connectivity index (χ1) is 13.3. The number of sulfone groups is 1. The number of fused-ring (bicyclic) bond motifs is 1. The summed E-state index contributed by atoms with van der Waals surface area (Å²) in [5.74, 6) is -1.19. The van der Waals surface area contributed by atoms with Crippen LogP contribution in [0.2, 0.25) is 0 Å². The molecule has 0 unspecified atom stereocenters. The first kappa shape index (κ1) is 20.0. The number of hydrogen-bond acceptors (Lipinski definition) is 7. The molecule has 1 heterocycles. The molecule has 7 nitrogen and oxygen atoms in total. The number of nitrogens with one attached hydrogen (secondary N) is 1. The lowest BCUT2D eigenvalue weighted by atomic mass is 10.2. The lowest BCUT2D eigenvalue weighted by Crippen LogP contribution is -2.17. The summed E-state index contributed by atoms with van der Waals surface area (Å²) in [6.45, 7) is 1.87. The van der Waals surface area contributed by atoms with Crippen LogP contribution in [0.3, 0.4) is 0 Å². The van der Waals surface area contributed by atoms with Crippen molar-refractivity contribution in [2.75, 3.05) is 18.2 Å². The maximum Gasteiger partial charge on any atom is 0.337 e. The minimum Gasteiger partial charge on any atom is -0.465 e. The highest BCUT2D eigenvalue weighted by Crippen LogP contribution is 2.27. The molecule has 1 amide bonds. The van der Waals surface area contributed by atoms with Crippen LogP contribution in [0.5, 0.6) is 0 Å². The Labute approximate surface area is 166 Å². The molecular weight excluding hydrogens is 400 g/mol. The Morgan fingerprint density at radius 3 is 2.54 bits per heavy atom. The van der Waals surface area contributed by atoms with E-state index in [-0.39, 0.29) is 17.1 Å². The number of nitrogens with zero attached hydrogens (tertiary/aromatic N) is 1. The van der Waals surface area contributed by atoms with Gasteiger partial charge in [0, 0.05) is 6.42 Å². The Hall–Kier alpha value is -2.78. The van der Waals surface area contributed by atoms with Crippen LogP contribution >= 0.6 is 11.3 Å². The maximum atomic E-state index is 12.3. The Bertz CT molecular complexity index is 1130. The molecule has 1 N–H and O–H groups in total. The number of rotatable bonds is 6. The summed E-state index contributed by atoms with van der Waals surface area (Å²) in [5.41, 5.74) is 1.98. The van der Waals surface area contributed by atoms with Gasteiger partial charge in [-0.15, -0.1) is 0 Å². The second kappa shape index (κ2) is 8.07. The van der Waals surface area contributed by atoms with Crippen molar-refractivity contribution in [2.24, 2.45) is 0 Å². The van der Waals surface area contributed by atoms with E-state index in [1.54, 1.807) is 30.3 Å². The van der Waals surface area contributed by atoms with Crippen LogP contribution in [0.1, 0.15) is 22.3 Å². The zero-order valence-corrected chi connectivity index (χ0v) is 16.9. The van der Waals surface area contributed by atoms with Gasteiger partial charge in [-0.3, -0.25) is 4.79 Å². The highest BCUT2D eigenvalue weighted by Gasteiger charge is 2.17. The molecule has 146 valence electrons. The minimum atomic E-state index is -3.54. The molecule has 0 aliphatic carbocycles. The fourth-order valence-electron chi connectivity index (χ4n) is 2.50. The maximum absolute atomic E-state index is 12.3. The van der Waals surface area contributed by atoms with Crippen LogP contribution in [0.25, 0.3) is 10.2 Å². The van der Waals surface area contributed by atoms with E-state index in [1.165, 1.54) is 30.6 Å². The summed E-state index contributed by atoms with van der Waals surface area (Å²) in [7, 11) is -2.24. The summed E-state index contributed by atoms with van der Waals surface area (Å²) in [4.78, 5) is 28.2. The van der Waals surface area contributed by atoms with Crippen LogP contribution in [-0.2, 0) is 19.4 Å². The topological polar surface area (TPSA) is 102 Å². The summed E-state index contributed by atoms with van der Waals surface area (Å²) in [6, 6.07) is 11.4. The van der Waals surface area contributed by atoms with Gasteiger partial charge in [0.15, 0.2) is 15.0 Å². The lowest BCUT2D eigenvalue weighted by molar-refractivity contribution is -0.115. The van der Waals surface area contributed by atoms with Crippen molar-refractivity contribution >= 4 is 48.4 Å². The molecule has 0 fully saturated rings. The first-order valence-electron chi connectivity index (χ1n) is 8.37. The van der Waals surface area contributed by atoms with Gasteiger partial charge in [-0.25, -0.2) is 18.2 Å². The van der Waals surface area contributed by atoms with E-state index in [4.69, 9.17) is 0 Å². The van der Waals surface area contributed by atoms with Crippen molar-refractivity contribution < 1.29 is 22.7 Å². The monoisotopic (exact) mass is 418 g/mol. The molecule has 3 rings (SSSR count). The van der Waals surface area contributed by atoms with E-state index < -0.39 is 21.7 Å².